The lowest BCUT2D eigenvalue weighted by Crippen LogP contribution is -2.28. The molecule has 0 rings (SSSR count). The summed E-state index contributed by atoms with van der Waals surface area (Å²) in [4.78, 5) is 26.4. The molecule has 0 radical (unpaired) electrons. The average molecular weight is 395 g/mol. The molecule has 0 aliphatic carbocycles. The molecule has 0 aliphatic heterocycles. The first kappa shape index (κ1) is 22.1. The van der Waals surface area contributed by atoms with Crippen LogP contribution in [0.3, 0.4) is 0 Å². The Kier molecular flexibility index (Phi) is 11.1. The standard InChI is InChI=1S/C16H27BrO6/c1-12(2)14(23-20)13(10-21-11-18)8-6-5-7-9-22-15(19)16(3,4)17/h11,13-14,20H,1,5-10H2,2-4H3. The van der Waals surface area contributed by atoms with E-state index in [1.807, 2.05) is 0 Å². The smallest absolute Gasteiger partial charge is 0.322 e. The van der Waals surface area contributed by atoms with Crippen LogP contribution in [0.2, 0.25) is 0 Å². The largest absolute Gasteiger partial charge is 0.467 e. The summed E-state index contributed by atoms with van der Waals surface area (Å²) in [5.41, 5.74) is 0.667. The summed E-state index contributed by atoms with van der Waals surface area (Å²) < 4.78 is 9.27. The number of halogens is 1. The first-order chi connectivity index (χ1) is 10.7. The monoisotopic (exact) mass is 394 g/mol. The molecule has 0 heterocycles. The molecule has 0 aliphatic rings. The van der Waals surface area contributed by atoms with Crippen LogP contribution in [0.25, 0.3) is 0 Å². The molecule has 0 aromatic rings. The summed E-state index contributed by atoms with van der Waals surface area (Å²) in [7, 11) is 0. The van der Waals surface area contributed by atoms with Gasteiger partial charge in [0.05, 0.1) is 13.2 Å². The lowest BCUT2D eigenvalue weighted by molar-refractivity contribution is -0.282. The fourth-order valence-electron chi connectivity index (χ4n) is 2.09. The molecule has 0 aromatic carbocycles. The number of hydrogen-bond donors (Lipinski definition) is 1. The molecule has 1 N–H and O–H groups in total. The van der Waals surface area contributed by atoms with E-state index in [1.165, 1.54) is 0 Å². The molecular formula is C16H27BrO6. The van der Waals surface area contributed by atoms with Gasteiger partial charge in [0.15, 0.2) is 0 Å². The van der Waals surface area contributed by atoms with Crippen molar-refractivity contribution in [3.63, 3.8) is 0 Å². The first-order valence-corrected chi connectivity index (χ1v) is 8.40. The van der Waals surface area contributed by atoms with E-state index in [0.29, 0.717) is 25.1 Å². The topological polar surface area (TPSA) is 82.1 Å². The molecule has 2 atom stereocenters. The van der Waals surface area contributed by atoms with Crippen LogP contribution in [0.15, 0.2) is 12.2 Å². The van der Waals surface area contributed by atoms with Crippen LogP contribution in [0, 0.1) is 5.92 Å². The summed E-state index contributed by atoms with van der Waals surface area (Å²) >= 11 is 3.24. The zero-order valence-corrected chi connectivity index (χ0v) is 15.6. The second kappa shape index (κ2) is 11.6. The zero-order chi connectivity index (χ0) is 17.9. The van der Waals surface area contributed by atoms with Crippen LogP contribution in [0.5, 0.6) is 0 Å². The molecule has 23 heavy (non-hydrogen) atoms. The Morgan fingerprint density at radius 2 is 2.00 bits per heavy atom. The summed E-state index contributed by atoms with van der Waals surface area (Å²) in [6.45, 7) is 9.88. The lowest BCUT2D eigenvalue weighted by atomic mass is 9.92. The van der Waals surface area contributed by atoms with Crippen LogP contribution < -0.4 is 0 Å². The number of ether oxygens (including phenoxy) is 2. The van der Waals surface area contributed by atoms with Gasteiger partial charge in [-0.05, 0) is 39.2 Å². The Labute approximate surface area is 146 Å². The third-order valence-electron chi connectivity index (χ3n) is 3.34. The van der Waals surface area contributed by atoms with E-state index in [9.17, 15) is 9.59 Å². The van der Waals surface area contributed by atoms with Crippen molar-refractivity contribution in [2.24, 2.45) is 5.92 Å². The molecule has 0 fully saturated rings. The fraction of sp³-hybridized carbons (Fsp3) is 0.750. The van der Waals surface area contributed by atoms with Crippen molar-refractivity contribution in [2.75, 3.05) is 13.2 Å². The van der Waals surface area contributed by atoms with E-state index in [1.54, 1.807) is 20.8 Å². The van der Waals surface area contributed by atoms with Gasteiger partial charge in [0.25, 0.3) is 6.47 Å². The van der Waals surface area contributed by atoms with Gasteiger partial charge in [0.1, 0.15) is 10.4 Å². The number of alkyl halides is 1. The van der Waals surface area contributed by atoms with E-state index in [-0.39, 0.29) is 18.5 Å². The number of esters is 1. The minimum Gasteiger partial charge on any atom is -0.467 e. The SMILES string of the molecule is C=C(C)C(OO)C(CCCCCOC(=O)C(C)(C)Br)COC=O. The molecule has 0 saturated carbocycles. The van der Waals surface area contributed by atoms with Gasteiger partial charge in [0.2, 0.25) is 0 Å². The fourth-order valence-corrected chi connectivity index (χ4v) is 2.20. The Hall–Kier alpha value is -0.920. The number of hydrogen-bond acceptors (Lipinski definition) is 6. The summed E-state index contributed by atoms with van der Waals surface area (Å²) in [5.74, 6) is -0.447. The lowest BCUT2D eigenvalue weighted by Gasteiger charge is -2.24. The van der Waals surface area contributed by atoms with Crippen LogP contribution in [0.4, 0.5) is 0 Å². The van der Waals surface area contributed by atoms with E-state index in [4.69, 9.17) is 14.7 Å². The number of unbranched alkanes of at least 4 members (excludes halogenated alkanes) is 2. The van der Waals surface area contributed by atoms with Gasteiger partial charge < -0.3 is 9.47 Å². The molecule has 2 unspecified atom stereocenters. The van der Waals surface area contributed by atoms with Gasteiger partial charge >= 0.3 is 5.97 Å². The number of carbonyl (C=O) groups is 2. The quantitative estimate of drug-likeness (QED) is 0.0978. The normalized spacial score (nSPS) is 14.0. The maximum atomic E-state index is 11.6. The zero-order valence-electron chi connectivity index (χ0n) is 14.0. The highest BCUT2D eigenvalue weighted by molar-refractivity contribution is 9.10. The molecular weight excluding hydrogens is 368 g/mol. The second-order valence-corrected chi connectivity index (χ2v) is 8.00. The first-order valence-electron chi connectivity index (χ1n) is 7.61. The average Bonchev–Trinajstić information content (AvgIpc) is 2.46. The highest BCUT2D eigenvalue weighted by Gasteiger charge is 2.25. The predicted octanol–water partition coefficient (Wildman–Crippen LogP) is 3.49. The maximum absolute atomic E-state index is 11.6. The van der Waals surface area contributed by atoms with Gasteiger partial charge in [-0.15, -0.1) is 0 Å². The summed E-state index contributed by atoms with van der Waals surface area (Å²) in [5, 5.41) is 8.98. The van der Waals surface area contributed by atoms with Crippen LogP contribution in [-0.4, -0.2) is 41.3 Å². The molecule has 7 heteroatoms. The van der Waals surface area contributed by atoms with Crippen molar-refractivity contribution in [2.45, 2.75) is 56.9 Å². The third-order valence-corrected chi connectivity index (χ3v) is 3.67. The number of rotatable bonds is 13. The highest BCUT2D eigenvalue weighted by atomic mass is 79.9. The van der Waals surface area contributed by atoms with Crippen molar-refractivity contribution in [3.05, 3.63) is 12.2 Å². The maximum Gasteiger partial charge on any atom is 0.322 e. The Balaban J connectivity index is 4.10. The van der Waals surface area contributed by atoms with Crippen molar-refractivity contribution >= 4 is 28.4 Å². The minimum atomic E-state index is -0.669. The molecule has 6 nitrogen and oxygen atoms in total. The van der Waals surface area contributed by atoms with E-state index >= 15 is 0 Å². The van der Waals surface area contributed by atoms with Gasteiger partial charge in [-0.1, -0.05) is 35.4 Å². The molecule has 0 saturated heterocycles. The van der Waals surface area contributed by atoms with Crippen LogP contribution in [-0.2, 0) is 24.0 Å². The Bertz CT molecular complexity index is 377. The Morgan fingerprint density at radius 3 is 2.48 bits per heavy atom. The Morgan fingerprint density at radius 1 is 1.35 bits per heavy atom. The third kappa shape index (κ3) is 9.73. The molecule has 0 aromatic heterocycles. The summed E-state index contributed by atoms with van der Waals surface area (Å²) in [6, 6.07) is 0. The van der Waals surface area contributed by atoms with E-state index < -0.39 is 10.4 Å². The van der Waals surface area contributed by atoms with E-state index in [2.05, 4.69) is 27.4 Å². The molecule has 0 spiro atoms. The van der Waals surface area contributed by atoms with Gasteiger partial charge in [0, 0.05) is 5.92 Å². The predicted molar refractivity (Wildman–Crippen MR) is 90.3 cm³/mol. The second-order valence-electron chi connectivity index (χ2n) is 6.02. The molecule has 134 valence electrons. The van der Waals surface area contributed by atoms with Gasteiger partial charge in [-0.3, -0.25) is 14.8 Å². The highest BCUT2D eigenvalue weighted by Crippen LogP contribution is 2.22. The van der Waals surface area contributed by atoms with Crippen LogP contribution >= 0.6 is 15.9 Å². The molecule has 0 amide bonds. The van der Waals surface area contributed by atoms with Crippen molar-refractivity contribution in [1.82, 2.24) is 0 Å². The van der Waals surface area contributed by atoms with Crippen molar-refractivity contribution < 1.29 is 29.2 Å². The van der Waals surface area contributed by atoms with Gasteiger partial charge in [-0.25, -0.2) is 4.89 Å². The minimum absolute atomic E-state index is 0.160. The molecule has 0 bridgehead atoms. The summed E-state index contributed by atoms with van der Waals surface area (Å²) in [6.07, 6.45) is 2.55. The number of carbonyl (C=O) groups excluding carboxylic acids is 2. The van der Waals surface area contributed by atoms with Gasteiger partial charge in [-0.2, -0.15) is 0 Å². The van der Waals surface area contributed by atoms with Crippen LogP contribution in [0.1, 0.15) is 46.5 Å². The van der Waals surface area contributed by atoms with Crippen molar-refractivity contribution in [3.8, 4) is 0 Å². The van der Waals surface area contributed by atoms with E-state index in [0.717, 1.165) is 19.3 Å². The van der Waals surface area contributed by atoms with Crippen molar-refractivity contribution in [1.29, 1.82) is 0 Å².